The topological polar surface area (TPSA) is 219 Å². The standard InChI is InChI=1S/C23H35N3O14/c1-13(22(38-17(5)30)39-18(6)31)26(40-19(7)32)21(34)9-24-8-20(33)25-23(10-35-14(2)27,11-36-15(3)28)12-37-16(4)29/h13,22,24H,8-12H2,1-7H3,(H,25,33). The van der Waals surface area contributed by atoms with E-state index in [0.717, 1.165) is 41.5 Å². The van der Waals surface area contributed by atoms with Gasteiger partial charge in [0.2, 0.25) is 5.91 Å². The highest BCUT2D eigenvalue weighted by molar-refractivity contribution is 5.82. The smallest absolute Gasteiger partial charge is 0.329 e. The van der Waals surface area contributed by atoms with E-state index in [2.05, 4.69) is 10.6 Å². The first-order chi connectivity index (χ1) is 18.5. The van der Waals surface area contributed by atoms with Crippen molar-refractivity contribution < 1.29 is 66.9 Å². The SMILES string of the molecule is CC(=O)OCC(COC(C)=O)(COC(C)=O)NC(=O)CNCC(=O)N(OC(C)=O)C(C)C(OC(C)=O)OC(C)=O. The first kappa shape index (κ1) is 35.7. The number of esters is 5. The van der Waals surface area contributed by atoms with Crippen molar-refractivity contribution in [3.8, 4) is 0 Å². The average molecular weight is 578 g/mol. The lowest BCUT2D eigenvalue weighted by Crippen LogP contribution is -2.60. The molecule has 0 aromatic rings. The summed E-state index contributed by atoms with van der Waals surface area (Å²) in [5.41, 5.74) is -1.66. The monoisotopic (exact) mass is 577 g/mol. The number of nitrogens with one attached hydrogen (secondary N) is 2. The van der Waals surface area contributed by atoms with Crippen molar-refractivity contribution in [2.45, 2.75) is 66.3 Å². The second-order valence-corrected chi connectivity index (χ2v) is 8.40. The van der Waals surface area contributed by atoms with E-state index in [1.54, 1.807) is 0 Å². The van der Waals surface area contributed by atoms with Crippen LogP contribution >= 0.6 is 0 Å². The van der Waals surface area contributed by atoms with E-state index in [9.17, 15) is 38.4 Å². The molecule has 0 rings (SSSR count). The molecule has 17 nitrogen and oxygen atoms in total. The molecule has 226 valence electrons. The predicted molar refractivity (Wildman–Crippen MR) is 129 cm³/mol. The summed E-state index contributed by atoms with van der Waals surface area (Å²) in [5, 5.41) is 5.47. The molecule has 0 spiro atoms. The summed E-state index contributed by atoms with van der Waals surface area (Å²) in [7, 11) is 0. The molecule has 0 heterocycles. The largest absolute Gasteiger partial charge is 0.463 e. The lowest BCUT2D eigenvalue weighted by atomic mass is 10.0. The van der Waals surface area contributed by atoms with Crippen molar-refractivity contribution in [3.05, 3.63) is 0 Å². The highest BCUT2D eigenvalue weighted by Crippen LogP contribution is 2.13. The van der Waals surface area contributed by atoms with Crippen LogP contribution in [0, 0.1) is 0 Å². The molecule has 0 aliphatic carbocycles. The third-order valence-electron chi connectivity index (χ3n) is 4.42. The normalized spacial score (nSPS) is 11.4. The van der Waals surface area contributed by atoms with Crippen molar-refractivity contribution >= 4 is 47.6 Å². The van der Waals surface area contributed by atoms with Crippen LogP contribution in [0.3, 0.4) is 0 Å². The van der Waals surface area contributed by atoms with E-state index in [1.807, 2.05) is 0 Å². The summed E-state index contributed by atoms with van der Waals surface area (Å²) in [5.74, 6) is -6.52. The van der Waals surface area contributed by atoms with Crippen molar-refractivity contribution in [2.24, 2.45) is 0 Å². The number of nitrogens with zero attached hydrogens (tertiary/aromatic N) is 1. The number of hydroxylamine groups is 2. The molecule has 40 heavy (non-hydrogen) atoms. The van der Waals surface area contributed by atoms with Crippen molar-refractivity contribution in [1.29, 1.82) is 0 Å². The van der Waals surface area contributed by atoms with Crippen LogP contribution in [0.15, 0.2) is 0 Å². The van der Waals surface area contributed by atoms with Crippen LogP contribution in [0.1, 0.15) is 48.5 Å². The predicted octanol–water partition coefficient (Wildman–Crippen LogP) is -1.73. The van der Waals surface area contributed by atoms with Gasteiger partial charge in [0.25, 0.3) is 12.2 Å². The molecule has 0 saturated heterocycles. The summed E-state index contributed by atoms with van der Waals surface area (Å²) in [6.45, 7) is 4.89. The van der Waals surface area contributed by atoms with Crippen LogP contribution in [0.5, 0.6) is 0 Å². The fraction of sp³-hybridized carbons (Fsp3) is 0.652. The fourth-order valence-corrected chi connectivity index (χ4v) is 2.81. The summed E-state index contributed by atoms with van der Waals surface area (Å²) < 4.78 is 24.6. The van der Waals surface area contributed by atoms with Gasteiger partial charge in [-0.25, -0.2) is 0 Å². The summed E-state index contributed by atoms with van der Waals surface area (Å²) in [4.78, 5) is 98.9. The number of hydrogen-bond acceptors (Lipinski definition) is 15. The number of carbonyl (C=O) groups is 8. The Labute approximate surface area is 230 Å². The first-order valence-electron chi connectivity index (χ1n) is 11.7. The Morgan fingerprint density at radius 2 is 1.07 bits per heavy atom. The third-order valence-corrected chi connectivity index (χ3v) is 4.42. The zero-order valence-corrected chi connectivity index (χ0v) is 23.4. The molecule has 0 aliphatic heterocycles. The Morgan fingerprint density at radius 3 is 1.43 bits per heavy atom. The molecule has 0 aromatic heterocycles. The average Bonchev–Trinajstić information content (AvgIpc) is 2.81. The van der Waals surface area contributed by atoms with E-state index in [-0.39, 0.29) is 0 Å². The van der Waals surface area contributed by atoms with E-state index < -0.39 is 98.4 Å². The zero-order valence-electron chi connectivity index (χ0n) is 23.4. The molecule has 0 aliphatic rings. The number of ether oxygens (including phenoxy) is 5. The zero-order chi connectivity index (χ0) is 31.0. The van der Waals surface area contributed by atoms with E-state index in [4.69, 9.17) is 28.5 Å². The minimum absolute atomic E-state index is 0.510. The van der Waals surface area contributed by atoms with Gasteiger partial charge < -0.3 is 33.8 Å². The van der Waals surface area contributed by atoms with Crippen molar-refractivity contribution in [3.63, 3.8) is 0 Å². The quantitative estimate of drug-likeness (QED) is 0.0955. The van der Waals surface area contributed by atoms with Crippen LogP contribution in [0.2, 0.25) is 0 Å². The number of hydrogen-bond donors (Lipinski definition) is 2. The van der Waals surface area contributed by atoms with Gasteiger partial charge in [0, 0.05) is 41.5 Å². The second kappa shape index (κ2) is 17.3. The molecule has 0 saturated carbocycles. The molecule has 2 N–H and O–H groups in total. The number of carbonyl (C=O) groups excluding carboxylic acids is 8. The molecule has 2 amide bonds. The highest BCUT2D eigenvalue weighted by Gasteiger charge is 2.37. The van der Waals surface area contributed by atoms with Gasteiger partial charge >= 0.3 is 35.8 Å². The molecule has 0 radical (unpaired) electrons. The van der Waals surface area contributed by atoms with Crippen LogP contribution in [0.4, 0.5) is 0 Å². The summed E-state index contributed by atoms with van der Waals surface area (Å²) in [6.07, 6.45) is -1.62. The number of rotatable bonds is 15. The Kier molecular flexibility index (Phi) is 15.5. The number of amides is 2. The van der Waals surface area contributed by atoms with Gasteiger partial charge in [-0.2, -0.15) is 5.06 Å². The molecule has 0 fully saturated rings. The van der Waals surface area contributed by atoms with Crippen molar-refractivity contribution in [1.82, 2.24) is 15.7 Å². The minimum Gasteiger partial charge on any atom is -0.463 e. The molecule has 0 aromatic carbocycles. The van der Waals surface area contributed by atoms with Gasteiger partial charge in [-0.1, -0.05) is 0 Å². The fourth-order valence-electron chi connectivity index (χ4n) is 2.81. The van der Waals surface area contributed by atoms with E-state index in [0.29, 0.717) is 5.06 Å². The second-order valence-electron chi connectivity index (χ2n) is 8.40. The Morgan fingerprint density at radius 1 is 0.650 bits per heavy atom. The van der Waals surface area contributed by atoms with Crippen LogP contribution in [-0.2, 0) is 66.9 Å². The first-order valence-corrected chi connectivity index (χ1v) is 11.7. The molecular formula is C23H35N3O14. The molecule has 1 unspecified atom stereocenters. The molecule has 0 bridgehead atoms. The van der Waals surface area contributed by atoms with Gasteiger partial charge in [0.1, 0.15) is 31.4 Å². The van der Waals surface area contributed by atoms with Gasteiger partial charge in [0.05, 0.1) is 13.1 Å². The van der Waals surface area contributed by atoms with Crippen LogP contribution in [0.25, 0.3) is 0 Å². The molecular weight excluding hydrogens is 542 g/mol. The molecule has 1 atom stereocenters. The summed E-state index contributed by atoms with van der Waals surface area (Å²) in [6, 6.07) is -1.29. The van der Waals surface area contributed by atoms with E-state index in [1.165, 1.54) is 6.92 Å². The van der Waals surface area contributed by atoms with Crippen molar-refractivity contribution in [2.75, 3.05) is 32.9 Å². The third kappa shape index (κ3) is 15.2. The maximum Gasteiger partial charge on any atom is 0.329 e. The lowest BCUT2D eigenvalue weighted by Gasteiger charge is -2.33. The highest BCUT2D eigenvalue weighted by atomic mass is 16.7. The maximum absolute atomic E-state index is 12.8. The Bertz CT molecular complexity index is 905. The minimum atomic E-state index is -1.66. The summed E-state index contributed by atoms with van der Waals surface area (Å²) >= 11 is 0. The lowest BCUT2D eigenvalue weighted by molar-refractivity contribution is -0.237. The molecule has 17 heteroatoms. The Hall–Kier alpha value is -4.28. The maximum atomic E-state index is 12.8. The van der Waals surface area contributed by atoms with Crippen LogP contribution in [-0.4, -0.2) is 103 Å². The van der Waals surface area contributed by atoms with Gasteiger partial charge in [-0.05, 0) is 6.92 Å². The van der Waals surface area contributed by atoms with Gasteiger partial charge in [-0.3, -0.25) is 43.7 Å². The van der Waals surface area contributed by atoms with E-state index >= 15 is 0 Å². The van der Waals surface area contributed by atoms with Gasteiger partial charge in [0.15, 0.2) is 0 Å². The van der Waals surface area contributed by atoms with Gasteiger partial charge in [-0.15, -0.1) is 0 Å². The van der Waals surface area contributed by atoms with Crippen LogP contribution < -0.4 is 10.6 Å². The Balaban J connectivity index is 5.57.